The van der Waals surface area contributed by atoms with E-state index in [1.54, 1.807) is 13.0 Å². The number of aryl methyl sites for hydroxylation is 1. The third kappa shape index (κ3) is 4.30. The van der Waals surface area contributed by atoms with E-state index in [-0.39, 0.29) is 11.7 Å². The summed E-state index contributed by atoms with van der Waals surface area (Å²) in [4.78, 5) is 4.81. The maximum Gasteiger partial charge on any atom is 0.126 e. The highest BCUT2D eigenvalue weighted by atomic mass is 35.5. The summed E-state index contributed by atoms with van der Waals surface area (Å²) in [5.41, 5.74) is 1.71. The Morgan fingerprint density at radius 2 is 1.86 bits per heavy atom. The molecule has 4 rings (SSSR count). The molecule has 0 aromatic heterocycles. The van der Waals surface area contributed by atoms with Crippen molar-refractivity contribution in [2.75, 3.05) is 37.6 Å². The number of para-hydroxylation sites is 1. The van der Waals surface area contributed by atoms with E-state index in [0.29, 0.717) is 5.56 Å². The average molecular weight is 417 g/mol. The van der Waals surface area contributed by atoms with E-state index >= 15 is 0 Å². The van der Waals surface area contributed by atoms with Crippen molar-refractivity contribution in [2.45, 2.75) is 38.2 Å². The van der Waals surface area contributed by atoms with Crippen molar-refractivity contribution < 1.29 is 9.50 Å². The highest BCUT2D eigenvalue weighted by molar-refractivity contribution is 6.33. The van der Waals surface area contributed by atoms with E-state index in [9.17, 15) is 9.50 Å². The molecule has 0 amide bonds. The van der Waals surface area contributed by atoms with Crippen molar-refractivity contribution in [3.05, 3.63) is 64.4 Å². The van der Waals surface area contributed by atoms with E-state index in [1.165, 1.54) is 6.07 Å². The predicted octanol–water partition coefficient (Wildman–Crippen LogP) is 4.99. The first-order valence-electron chi connectivity index (χ1n) is 10.7. The summed E-state index contributed by atoms with van der Waals surface area (Å²) >= 11 is 6.36. The zero-order chi connectivity index (χ0) is 20.4. The lowest BCUT2D eigenvalue weighted by molar-refractivity contribution is -0.0660. The maximum atomic E-state index is 13.8. The Morgan fingerprint density at radius 1 is 1.10 bits per heavy atom. The van der Waals surface area contributed by atoms with Crippen LogP contribution in [0.5, 0.6) is 0 Å². The van der Waals surface area contributed by atoms with Crippen LogP contribution in [0.3, 0.4) is 0 Å². The Morgan fingerprint density at radius 3 is 2.59 bits per heavy atom. The number of halogens is 2. The molecule has 1 heterocycles. The van der Waals surface area contributed by atoms with Gasteiger partial charge in [0.1, 0.15) is 5.82 Å². The molecule has 2 unspecified atom stereocenters. The molecule has 156 valence electrons. The molecule has 0 radical (unpaired) electrons. The van der Waals surface area contributed by atoms with E-state index in [0.717, 1.165) is 74.7 Å². The lowest BCUT2D eigenvalue weighted by Gasteiger charge is -2.45. The molecular formula is C24H30ClFN2O. The predicted molar refractivity (Wildman–Crippen MR) is 117 cm³/mol. The fraction of sp³-hybridized carbons (Fsp3) is 0.500. The van der Waals surface area contributed by atoms with Crippen molar-refractivity contribution >= 4 is 17.3 Å². The number of piperazine rings is 1. The first-order valence-corrected chi connectivity index (χ1v) is 11.1. The van der Waals surface area contributed by atoms with E-state index in [1.807, 2.05) is 24.3 Å². The van der Waals surface area contributed by atoms with E-state index in [4.69, 9.17) is 11.6 Å². The fourth-order valence-corrected chi connectivity index (χ4v) is 5.21. The number of aliphatic hydroxyl groups is 1. The van der Waals surface area contributed by atoms with Gasteiger partial charge in [0.15, 0.2) is 0 Å². The number of hydrogen-bond donors (Lipinski definition) is 1. The summed E-state index contributed by atoms with van der Waals surface area (Å²) in [5.74, 6) is -0.0339. The van der Waals surface area contributed by atoms with Crippen molar-refractivity contribution in [1.29, 1.82) is 0 Å². The fourth-order valence-electron chi connectivity index (χ4n) is 4.96. The third-order valence-corrected chi connectivity index (χ3v) is 7.06. The van der Waals surface area contributed by atoms with Crippen LogP contribution >= 0.6 is 11.6 Å². The number of rotatable bonds is 4. The second-order valence-corrected chi connectivity index (χ2v) is 8.98. The molecule has 1 saturated heterocycles. The Labute approximate surface area is 178 Å². The summed E-state index contributed by atoms with van der Waals surface area (Å²) in [7, 11) is 0. The molecule has 0 bridgehead atoms. The van der Waals surface area contributed by atoms with E-state index in [2.05, 4.69) is 15.9 Å². The molecule has 29 heavy (non-hydrogen) atoms. The molecule has 2 aliphatic rings. The number of benzene rings is 2. The highest BCUT2D eigenvalue weighted by Crippen LogP contribution is 2.42. The maximum absolute atomic E-state index is 13.8. The number of anilines is 1. The minimum absolute atomic E-state index is 0.174. The summed E-state index contributed by atoms with van der Waals surface area (Å²) < 4.78 is 13.8. The van der Waals surface area contributed by atoms with Gasteiger partial charge in [-0.3, -0.25) is 4.90 Å². The minimum atomic E-state index is -0.865. The molecule has 2 atom stereocenters. The molecule has 2 aromatic carbocycles. The molecule has 0 spiro atoms. The molecular weight excluding hydrogens is 387 g/mol. The molecule has 1 aliphatic carbocycles. The van der Waals surface area contributed by atoms with Crippen molar-refractivity contribution in [3.8, 4) is 0 Å². The van der Waals surface area contributed by atoms with Gasteiger partial charge in [-0.05, 0) is 49.1 Å². The third-order valence-electron chi connectivity index (χ3n) is 6.74. The molecule has 1 N–H and O–H groups in total. The van der Waals surface area contributed by atoms with Gasteiger partial charge in [-0.2, -0.15) is 0 Å². The Bertz CT molecular complexity index is 853. The van der Waals surface area contributed by atoms with Crippen molar-refractivity contribution in [3.63, 3.8) is 0 Å². The zero-order valence-electron chi connectivity index (χ0n) is 17.1. The van der Waals surface area contributed by atoms with Crippen LogP contribution in [0.4, 0.5) is 10.1 Å². The molecule has 2 fully saturated rings. The van der Waals surface area contributed by atoms with Crippen LogP contribution in [0, 0.1) is 18.7 Å². The van der Waals surface area contributed by atoms with Gasteiger partial charge < -0.3 is 10.0 Å². The topological polar surface area (TPSA) is 26.7 Å². The molecule has 3 nitrogen and oxygen atoms in total. The van der Waals surface area contributed by atoms with E-state index < -0.39 is 5.60 Å². The second kappa shape index (κ2) is 8.63. The largest absolute Gasteiger partial charge is 0.385 e. The first kappa shape index (κ1) is 20.6. The smallest absolute Gasteiger partial charge is 0.126 e. The van der Waals surface area contributed by atoms with Crippen LogP contribution < -0.4 is 4.90 Å². The van der Waals surface area contributed by atoms with Crippen LogP contribution in [-0.4, -0.2) is 42.7 Å². The minimum Gasteiger partial charge on any atom is -0.385 e. The normalized spacial score (nSPS) is 25.9. The Balaban J connectivity index is 1.44. The molecule has 2 aromatic rings. The second-order valence-electron chi connectivity index (χ2n) is 8.57. The Kier molecular flexibility index (Phi) is 6.14. The van der Waals surface area contributed by atoms with Gasteiger partial charge in [-0.25, -0.2) is 4.39 Å². The van der Waals surface area contributed by atoms with Crippen LogP contribution in [0.25, 0.3) is 0 Å². The number of hydrogen-bond acceptors (Lipinski definition) is 3. The van der Waals surface area contributed by atoms with Gasteiger partial charge in [0.05, 0.1) is 16.3 Å². The van der Waals surface area contributed by atoms with Crippen LogP contribution in [0.15, 0.2) is 42.5 Å². The lowest BCUT2D eigenvalue weighted by Crippen LogP contribution is -2.51. The number of nitrogens with zero attached hydrogens (tertiary/aromatic N) is 2. The Hall–Kier alpha value is -1.62. The van der Waals surface area contributed by atoms with Gasteiger partial charge in [-0.1, -0.05) is 48.7 Å². The molecule has 1 aliphatic heterocycles. The van der Waals surface area contributed by atoms with Gasteiger partial charge in [0, 0.05) is 38.6 Å². The molecule has 5 heteroatoms. The van der Waals surface area contributed by atoms with Crippen LogP contribution in [0.1, 0.15) is 36.8 Å². The molecule has 1 saturated carbocycles. The summed E-state index contributed by atoms with van der Waals surface area (Å²) in [5, 5.41) is 12.4. The van der Waals surface area contributed by atoms with Crippen molar-refractivity contribution in [1.82, 2.24) is 4.90 Å². The standard InChI is InChI=1S/C24H30ClFN2O/c1-18-16-19(9-10-22(18)26)24(29)11-5-4-6-20(24)17-27-12-14-28(15-13-27)23-8-3-2-7-21(23)25/h2-3,7-10,16,20,29H,4-6,11-15,17H2,1H3. The first-order chi connectivity index (χ1) is 14.0. The monoisotopic (exact) mass is 416 g/mol. The summed E-state index contributed by atoms with van der Waals surface area (Å²) in [6.45, 7) is 6.44. The van der Waals surface area contributed by atoms with Gasteiger partial charge in [0.2, 0.25) is 0 Å². The van der Waals surface area contributed by atoms with Gasteiger partial charge in [0.25, 0.3) is 0 Å². The summed E-state index contributed by atoms with van der Waals surface area (Å²) in [6, 6.07) is 13.1. The quantitative estimate of drug-likeness (QED) is 0.760. The van der Waals surface area contributed by atoms with Crippen molar-refractivity contribution in [2.24, 2.45) is 5.92 Å². The highest BCUT2D eigenvalue weighted by Gasteiger charge is 2.41. The summed E-state index contributed by atoms with van der Waals surface area (Å²) in [6.07, 6.45) is 3.93. The SMILES string of the molecule is Cc1cc(C2(O)CCCCC2CN2CCN(c3ccccc3Cl)CC2)ccc1F. The van der Waals surface area contributed by atoms with Crippen LogP contribution in [-0.2, 0) is 5.60 Å². The van der Waals surface area contributed by atoms with Crippen LogP contribution in [0.2, 0.25) is 5.02 Å². The van der Waals surface area contributed by atoms with Gasteiger partial charge >= 0.3 is 0 Å². The average Bonchev–Trinajstić information content (AvgIpc) is 2.73. The van der Waals surface area contributed by atoms with Gasteiger partial charge in [-0.15, -0.1) is 0 Å². The zero-order valence-corrected chi connectivity index (χ0v) is 17.8. The lowest BCUT2D eigenvalue weighted by atomic mass is 9.71.